The maximum atomic E-state index is 10.3. The van der Waals surface area contributed by atoms with Crippen LogP contribution in [0.4, 0.5) is 0 Å². The van der Waals surface area contributed by atoms with Crippen LogP contribution in [0.25, 0.3) is 10.9 Å². The zero-order valence-electron chi connectivity index (χ0n) is 16.1. The summed E-state index contributed by atoms with van der Waals surface area (Å²) in [6.45, 7) is 7.49. The van der Waals surface area contributed by atoms with Crippen LogP contribution in [0.1, 0.15) is 51.5 Å². The van der Waals surface area contributed by atoms with Gasteiger partial charge in [-0.25, -0.2) is 0 Å². The minimum absolute atomic E-state index is 0. The van der Waals surface area contributed by atoms with Crippen LogP contribution in [0.2, 0.25) is 0 Å². The molecule has 1 amide bonds. The number of carbonyl (C=O) groups is 1. The van der Waals surface area contributed by atoms with Crippen molar-refractivity contribution in [2.75, 3.05) is 13.1 Å². The fourth-order valence-electron chi connectivity index (χ4n) is 2.33. The van der Waals surface area contributed by atoms with E-state index in [1.807, 2.05) is 12.3 Å². The van der Waals surface area contributed by atoms with Crippen LogP contribution in [0.5, 0.6) is 0 Å². The van der Waals surface area contributed by atoms with E-state index in [1.165, 1.54) is 17.9 Å². The molecular weight excluding hydrogens is 387 g/mol. The normalized spacial score (nSPS) is 9.48. The van der Waals surface area contributed by atoms with Gasteiger partial charge in [-0.05, 0) is 43.0 Å². The third-order valence-electron chi connectivity index (χ3n) is 3.56. The molecule has 1 aromatic carbocycles. The maximum absolute atomic E-state index is 10.3. The molecule has 1 heterocycles. The molecule has 0 spiro atoms. The van der Waals surface area contributed by atoms with Gasteiger partial charge < -0.3 is 18.5 Å². The van der Waals surface area contributed by atoms with Crippen LogP contribution >= 0.6 is 0 Å². The Balaban J connectivity index is 0. The molecule has 25 heavy (non-hydrogen) atoms. The fraction of sp³-hybridized carbons (Fsp3) is 0.450. The van der Waals surface area contributed by atoms with Crippen molar-refractivity contribution in [3.63, 3.8) is 0 Å². The van der Waals surface area contributed by atoms with Gasteiger partial charge in [0, 0.05) is 57.8 Å². The number of nitrogens with two attached hydrogens (primary N) is 1. The van der Waals surface area contributed by atoms with Gasteiger partial charge in [-0.3, -0.25) is 9.78 Å². The SMILES string of the molecule is CC(=O)NCCCCCN.CC(C)c1ccnc2ccccc12.[CH3-].[Y]. The average molecular weight is 419 g/mol. The minimum atomic E-state index is 0. The zero-order chi connectivity index (χ0) is 17.1. The van der Waals surface area contributed by atoms with E-state index in [2.05, 4.69) is 48.4 Å². The first kappa shape index (κ1) is 26.4. The molecular formula is C20H32N3OY-. The van der Waals surface area contributed by atoms with Crippen molar-refractivity contribution in [1.82, 2.24) is 10.3 Å². The molecule has 0 saturated carbocycles. The Bertz CT molecular complexity index is 597. The standard InChI is InChI=1S/C12H13N.C7H16N2O.CH3.Y/c1-9(2)10-7-8-13-12-6-4-3-5-11(10)12;1-7(10)9-6-4-2-3-5-8;;/h3-9H,1-2H3;2-6,8H2,1H3,(H,9,10);1H3;/q;;-1;. The average Bonchev–Trinajstić information content (AvgIpc) is 2.54. The Morgan fingerprint density at radius 3 is 2.44 bits per heavy atom. The number of hydrogen-bond acceptors (Lipinski definition) is 3. The van der Waals surface area contributed by atoms with Crippen molar-refractivity contribution in [1.29, 1.82) is 0 Å². The number of hydrogen-bond donors (Lipinski definition) is 2. The van der Waals surface area contributed by atoms with Crippen molar-refractivity contribution in [2.45, 2.75) is 46.0 Å². The number of fused-ring (bicyclic) bond motifs is 1. The molecule has 3 N–H and O–H groups in total. The van der Waals surface area contributed by atoms with Crippen molar-refractivity contribution < 1.29 is 37.5 Å². The fourth-order valence-corrected chi connectivity index (χ4v) is 2.33. The largest absolute Gasteiger partial charge is 0.358 e. The molecule has 2 aromatic rings. The maximum Gasteiger partial charge on any atom is 0.216 e. The number of pyridine rings is 1. The molecule has 1 aromatic heterocycles. The molecule has 0 aliphatic heterocycles. The van der Waals surface area contributed by atoms with Gasteiger partial charge in [0.05, 0.1) is 5.52 Å². The van der Waals surface area contributed by atoms with Crippen LogP contribution < -0.4 is 11.1 Å². The second kappa shape index (κ2) is 15.4. The van der Waals surface area contributed by atoms with E-state index in [0.29, 0.717) is 5.92 Å². The molecule has 0 fully saturated rings. The molecule has 4 nitrogen and oxygen atoms in total. The molecule has 0 atom stereocenters. The number of benzene rings is 1. The van der Waals surface area contributed by atoms with E-state index in [4.69, 9.17) is 5.73 Å². The molecule has 137 valence electrons. The van der Waals surface area contributed by atoms with Gasteiger partial charge in [0.2, 0.25) is 5.91 Å². The summed E-state index contributed by atoms with van der Waals surface area (Å²) < 4.78 is 0. The Morgan fingerprint density at radius 2 is 1.84 bits per heavy atom. The number of para-hydroxylation sites is 1. The van der Waals surface area contributed by atoms with Crippen LogP contribution in [0.3, 0.4) is 0 Å². The first-order valence-corrected chi connectivity index (χ1v) is 8.34. The number of amides is 1. The quantitative estimate of drug-likeness (QED) is 0.548. The molecule has 1 radical (unpaired) electrons. The molecule has 2 rings (SSSR count). The minimum Gasteiger partial charge on any atom is -0.358 e. The predicted molar refractivity (Wildman–Crippen MR) is 104 cm³/mol. The summed E-state index contributed by atoms with van der Waals surface area (Å²) in [5, 5.41) is 4.00. The molecule has 0 aliphatic carbocycles. The molecule has 5 heteroatoms. The van der Waals surface area contributed by atoms with Gasteiger partial charge in [0.1, 0.15) is 0 Å². The van der Waals surface area contributed by atoms with Gasteiger partial charge in [-0.1, -0.05) is 38.5 Å². The Kier molecular flexibility index (Phi) is 16.3. The van der Waals surface area contributed by atoms with E-state index in [0.717, 1.165) is 37.9 Å². The van der Waals surface area contributed by atoms with Crippen molar-refractivity contribution >= 4 is 16.8 Å². The second-order valence-electron chi connectivity index (χ2n) is 5.90. The molecule has 0 saturated heterocycles. The summed E-state index contributed by atoms with van der Waals surface area (Å²) in [6.07, 6.45) is 5.09. The number of nitrogens with zero attached hydrogens (tertiary/aromatic N) is 1. The topological polar surface area (TPSA) is 68.0 Å². The van der Waals surface area contributed by atoms with Gasteiger partial charge in [-0.2, -0.15) is 0 Å². The zero-order valence-corrected chi connectivity index (χ0v) is 18.9. The number of rotatable bonds is 6. The smallest absolute Gasteiger partial charge is 0.216 e. The van der Waals surface area contributed by atoms with Gasteiger partial charge in [0.25, 0.3) is 0 Å². The number of aromatic nitrogens is 1. The van der Waals surface area contributed by atoms with Gasteiger partial charge in [-0.15, -0.1) is 0 Å². The number of unbranched alkanes of at least 4 members (excludes halogenated alkanes) is 2. The van der Waals surface area contributed by atoms with E-state index < -0.39 is 0 Å². The van der Waals surface area contributed by atoms with Crippen LogP contribution in [0, 0.1) is 7.43 Å². The summed E-state index contributed by atoms with van der Waals surface area (Å²) in [4.78, 5) is 14.7. The van der Waals surface area contributed by atoms with Crippen molar-refractivity contribution in [2.24, 2.45) is 5.73 Å². The van der Waals surface area contributed by atoms with Crippen molar-refractivity contribution in [3.8, 4) is 0 Å². The third-order valence-corrected chi connectivity index (χ3v) is 3.56. The van der Waals surface area contributed by atoms with E-state index in [1.54, 1.807) is 0 Å². The molecule has 0 unspecified atom stereocenters. The summed E-state index contributed by atoms with van der Waals surface area (Å²) in [5.41, 5.74) is 7.75. The third kappa shape index (κ3) is 10.7. The van der Waals surface area contributed by atoms with Gasteiger partial charge in [0.15, 0.2) is 0 Å². The van der Waals surface area contributed by atoms with Crippen molar-refractivity contribution in [3.05, 3.63) is 49.5 Å². The second-order valence-corrected chi connectivity index (χ2v) is 5.90. The Hall–Kier alpha value is -0.836. The summed E-state index contributed by atoms with van der Waals surface area (Å²) >= 11 is 0. The Labute approximate surface area is 178 Å². The first-order valence-electron chi connectivity index (χ1n) is 8.34. The van der Waals surface area contributed by atoms with Crippen LogP contribution in [-0.4, -0.2) is 24.0 Å². The summed E-state index contributed by atoms with van der Waals surface area (Å²) in [6, 6.07) is 10.4. The number of nitrogens with one attached hydrogen (secondary N) is 1. The number of carbonyl (C=O) groups excluding carboxylic acids is 1. The monoisotopic (exact) mass is 419 g/mol. The summed E-state index contributed by atoms with van der Waals surface area (Å²) in [7, 11) is 0. The summed E-state index contributed by atoms with van der Waals surface area (Å²) in [5.74, 6) is 0.612. The molecule has 0 aliphatic rings. The van der Waals surface area contributed by atoms with Crippen LogP contribution in [0.15, 0.2) is 36.5 Å². The van der Waals surface area contributed by atoms with E-state index in [9.17, 15) is 4.79 Å². The van der Waals surface area contributed by atoms with Crippen LogP contribution in [-0.2, 0) is 37.5 Å². The van der Waals surface area contributed by atoms with E-state index in [-0.39, 0.29) is 46.0 Å². The van der Waals surface area contributed by atoms with Gasteiger partial charge >= 0.3 is 0 Å². The van der Waals surface area contributed by atoms with E-state index >= 15 is 0 Å². The first-order chi connectivity index (χ1) is 11.1. The predicted octanol–water partition coefficient (Wildman–Crippen LogP) is 4.06. The molecule has 0 bridgehead atoms. The Morgan fingerprint density at radius 1 is 1.16 bits per heavy atom.